The topological polar surface area (TPSA) is 92.4 Å². The van der Waals surface area contributed by atoms with Crippen LogP contribution in [0, 0.1) is 0 Å². The highest BCUT2D eigenvalue weighted by atomic mass is 32.1. The average Bonchev–Trinajstić information content (AvgIpc) is 3.15. The van der Waals surface area contributed by atoms with Crippen molar-refractivity contribution in [1.82, 2.24) is 4.98 Å². The number of carbonyl (C=O) groups excluding carboxylic acids is 2. The molecule has 1 aromatic heterocycles. The van der Waals surface area contributed by atoms with Crippen molar-refractivity contribution in [2.24, 2.45) is 0 Å². The summed E-state index contributed by atoms with van der Waals surface area (Å²) in [7, 11) is 0. The summed E-state index contributed by atoms with van der Waals surface area (Å²) in [5, 5.41) is 10.0. The van der Waals surface area contributed by atoms with Crippen molar-refractivity contribution in [2.75, 3.05) is 16.0 Å². The lowest BCUT2D eigenvalue weighted by atomic mass is 10.2. The molecule has 0 saturated carbocycles. The highest BCUT2D eigenvalue weighted by Gasteiger charge is 2.30. The van der Waals surface area contributed by atoms with Crippen molar-refractivity contribution >= 4 is 39.8 Å². The molecule has 0 saturated heterocycles. The van der Waals surface area contributed by atoms with E-state index >= 15 is 0 Å². The van der Waals surface area contributed by atoms with Crippen LogP contribution in [0.2, 0.25) is 0 Å². The number of urea groups is 1. The van der Waals surface area contributed by atoms with Gasteiger partial charge in [-0.3, -0.25) is 10.1 Å². The van der Waals surface area contributed by atoms with Crippen molar-refractivity contribution in [3.05, 3.63) is 65.7 Å². The van der Waals surface area contributed by atoms with Gasteiger partial charge in [-0.1, -0.05) is 18.2 Å². The fourth-order valence-electron chi connectivity index (χ4n) is 2.47. The molecule has 3 N–H and O–H groups in total. The van der Waals surface area contributed by atoms with E-state index in [9.17, 15) is 22.8 Å². The molecule has 3 rings (SSSR count). The van der Waals surface area contributed by atoms with E-state index in [4.69, 9.17) is 0 Å². The molecular formula is C20H17F3N4O3S. The quantitative estimate of drug-likeness (QED) is 0.458. The van der Waals surface area contributed by atoms with Gasteiger partial charge in [-0.25, -0.2) is 9.78 Å². The van der Waals surface area contributed by atoms with Crippen molar-refractivity contribution in [3.63, 3.8) is 0 Å². The van der Waals surface area contributed by atoms with Crippen molar-refractivity contribution in [1.29, 1.82) is 0 Å². The highest BCUT2D eigenvalue weighted by Crippen LogP contribution is 2.24. The minimum atomic E-state index is -4.77. The maximum Gasteiger partial charge on any atom is 0.573 e. The number of rotatable bonds is 7. The SMILES string of the molecule is O=C(CCc1csc(NC(=O)Nc2ccccc2)n1)Nc1ccc(OC(F)(F)F)cc1. The number of nitrogens with one attached hydrogen (secondary N) is 3. The Morgan fingerprint density at radius 3 is 2.29 bits per heavy atom. The zero-order valence-corrected chi connectivity index (χ0v) is 16.7. The Morgan fingerprint density at radius 2 is 1.61 bits per heavy atom. The number of halogens is 3. The van der Waals surface area contributed by atoms with E-state index in [1.807, 2.05) is 6.07 Å². The standard InChI is InChI=1S/C20H17F3N4O3S/c21-20(22,23)30-16-9-6-14(7-10-16)24-17(28)11-8-15-12-31-19(26-15)27-18(29)25-13-4-2-1-3-5-13/h1-7,9-10,12H,8,11H2,(H,24,28)(H2,25,26,27,29). The Bertz CT molecular complexity index is 1020. The number of para-hydroxylation sites is 1. The fourth-order valence-corrected chi connectivity index (χ4v) is 3.20. The summed E-state index contributed by atoms with van der Waals surface area (Å²) in [5.41, 5.74) is 1.62. The minimum absolute atomic E-state index is 0.111. The van der Waals surface area contributed by atoms with Crippen molar-refractivity contribution in [2.45, 2.75) is 19.2 Å². The third kappa shape index (κ3) is 7.63. The van der Waals surface area contributed by atoms with E-state index in [1.54, 1.807) is 29.6 Å². The number of nitrogens with zero attached hydrogens (tertiary/aromatic N) is 1. The van der Waals surface area contributed by atoms with Crippen LogP contribution < -0.4 is 20.7 Å². The first kappa shape index (κ1) is 22.1. The molecule has 0 aliphatic carbocycles. The molecule has 3 aromatic rings. The molecule has 0 aliphatic heterocycles. The van der Waals surface area contributed by atoms with Gasteiger partial charge in [0.2, 0.25) is 5.91 Å². The second-order valence-corrected chi connectivity index (χ2v) is 7.07. The van der Waals surface area contributed by atoms with Crippen LogP contribution in [0.15, 0.2) is 60.0 Å². The van der Waals surface area contributed by atoms with Gasteiger partial charge in [0.1, 0.15) is 5.75 Å². The van der Waals surface area contributed by atoms with Gasteiger partial charge in [0.05, 0.1) is 5.69 Å². The lowest BCUT2D eigenvalue weighted by Crippen LogP contribution is -2.19. The molecule has 3 amide bonds. The summed E-state index contributed by atoms with van der Waals surface area (Å²) in [6.07, 6.45) is -4.33. The molecule has 0 fully saturated rings. The number of aryl methyl sites for hydroxylation is 1. The first-order valence-corrected chi connectivity index (χ1v) is 9.88. The van der Waals surface area contributed by atoms with Crippen LogP contribution in [-0.4, -0.2) is 23.3 Å². The Hall–Kier alpha value is -3.60. The smallest absolute Gasteiger partial charge is 0.406 e. The molecule has 0 radical (unpaired) electrons. The number of aromatic nitrogens is 1. The third-order valence-corrected chi connectivity index (χ3v) is 4.59. The number of alkyl halides is 3. The summed E-state index contributed by atoms with van der Waals surface area (Å²) in [4.78, 5) is 28.3. The molecule has 0 aliphatic rings. The second kappa shape index (κ2) is 9.94. The van der Waals surface area contributed by atoms with E-state index in [-0.39, 0.29) is 18.1 Å². The van der Waals surface area contributed by atoms with Crippen LogP contribution in [0.4, 0.5) is 34.5 Å². The van der Waals surface area contributed by atoms with Crippen LogP contribution in [0.5, 0.6) is 5.75 Å². The molecule has 7 nitrogen and oxygen atoms in total. The predicted octanol–water partition coefficient (Wildman–Crippen LogP) is 5.26. The zero-order chi connectivity index (χ0) is 22.3. The second-order valence-electron chi connectivity index (χ2n) is 6.21. The number of hydrogen-bond donors (Lipinski definition) is 3. The molecule has 11 heteroatoms. The average molecular weight is 450 g/mol. The lowest BCUT2D eigenvalue weighted by molar-refractivity contribution is -0.274. The fraction of sp³-hybridized carbons (Fsp3) is 0.150. The van der Waals surface area contributed by atoms with E-state index < -0.39 is 12.4 Å². The van der Waals surface area contributed by atoms with E-state index in [2.05, 4.69) is 25.7 Å². The van der Waals surface area contributed by atoms with Crippen LogP contribution in [0.25, 0.3) is 0 Å². The molecule has 0 bridgehead atoms. The minimum Gasteiger partial charge on any atom is -0.406 e. The van der Waals surface area contributed by atoms with E-state index in [0.717, 1.165) is 12.1 Å². The van der Waals surface area contributed by atoms with E-state index in [0.29, 0.717) is 28.6 Å². The summed E-state index contributed by atoms with van der Waals surface area (Å²) in [6.45, 7) is 0. The third-order valence-electron chi connectivity index (χ3n) is 3.78. The molecule has 2 aromatic carbocycles. The lowest BCUT2D eigenvalue weighted by Gasteiger charge is -2.09. The molecule has 0 atom stereocenters. The van der Waals surface area contributed by atoms with Crippen LogP contribution >= 0.6 is 11.3 Å². The van der Waals surface area contributed by atoms with Gasteiger partial charge in [0, 0.05) is 23.2 Å². The van der Waals surface area contributed by atoms with Gasteiger partial charge in [0.15, 0.2) is 5.13 Å². The van der Waals surface area contributed by atoms with Gasteiger partial charge in [0.25, 0.3) is 0 Å². The largest absolute Gasteiger partial charge is 0.573 e. The number of thiazole rings is 1. The molecular weight excluding hydrogens is 433 g/mol. The van der Waals surface area contributed by atoms with Gasteiger partial charge in [-0.2, -0.15) is 0 Å². The van der Waals surface area contributed by atoms with Gasteiger partial charge in [-0.05, 0) is 42.8 Å². The van der Waals surface area contributed by atoms with E-state index in [1.165, 1.54) is 23.5 Å². The monoisotopic (exact) mass is 450 g/mol. The first-order valence-electron chi connectivity index (χ1n) is 9.00. The number of anilines is 3. The summed E-state index contributed by atoms with van der Waals surface area (Å²) >= 11 is 1.23. The highest BCUT2D eigenvalue weighted by molar-refractivity contribution is 7.13. The number of benzene rings is 2. The Kier molecular flexibility index (Phi) is 7.08. The Balaban J connectivity index is 1.43. The van der Waals surface area contributed by atoms with Crippen LogP contribution in [0.1, 0.15) is 12.1 Å². The molecule has 0 spiro atoms. The summed E-state index contributed by atoms with van der Waals surface area (Å²) < 4.78 is 40.3. The number of ether oxygens (including phenoxy) is 1. The maximum atomic E-state index is 12.2. The Morgan fingerprint density at radius 1 is 0.935 bits per heavy atom. The van der Waals surface area contributed by atoms with Gasteiger partial charge in [-0.15, -0.1) is 24.5 Å². The number of carbonyl (C=O) groups is 2. The number of amides is 3. The van der Waals surface area contributed by atoms with Crippen molar-refractivity contribution < 1.29 is 27.5 Å². The molecule has 31 heavy (non-hydrogen) atoms. The normalized spacial score (nSPS) is 10.9. The van der Waals surface area contributed by atoms with Crippen LogP contribution in [0.3, 0.4) is 0 Å². The van der Waals surface area contributed by atoms with Gasteiger partial charge < -0.3 is 15.4 Å². The summed E-state index contributed by atoms with van der Waals surface area (Å²) in [6, 6.07) is 13.4. The predicted molar refractivity (Wildman–Crippen MR) is 111 cm³/mol. The summed E-state index contributed by atoms with van der Waals surface area (Å²) in [5.74, 6) is -0.696. The molecule has 162 valence electrons. The number of hydrogen-bond acceptors (Lipinski definition) is 5. The molecule has 1 heterocycles. The van der Waals surface area contributed by atoms with Crippen LogP contribution in [-0.2, 0) is 11.2 Å². The Labute approximate surface area is 179 Å². The van der Waals surface area contributed by atoms with Crippen molar-refractivity contribution in [3.8, 4) is 5.75 Å². The van der Waals surface area contributed by atoms with Gasteiger partial charge >= 0.3 is 12.4 Å². The first-order chi connectivity index (χ1) is 14.8. The zero-order valence-electron chi connectivity index (χ0n) is 15.9. The molecule has 0 unspecified atom stereocenters. The maximum absolute atomic E-state index is 12.2.